The first-order chi connectivity index (χ1) is 8.88. The molecule has 2 heterocycles. The molecule has 2 N–H and O–H groups in total. The van der Waals surface area contributed by atoms with Gasteiger partial charge >= 0.3 is 0 Å². The third-order valence-electron chi connectivity index (χ3n) is 3.23. The average Bonchev–Trinajstić information content (AvgIpc) is 2.69. The molecule has 1 aromatic rings. The average molecular weight is 282 g/mol. The van der Waals surface area contributed by atoms with E-state index in [1.165, 1.54) is 11.3 Å². The lowest BCUT2D eigenvalue weighted by Gasteiger charge is -2.35. The van der Waals surface area contributed by atoms with Gasteiger partial charge in [-0.2, -0.15) is 0 Å². The maximum Gasteiger partial charge on any atom is 0.177 e. The molecule has 1 fully saturated rings. The van der Waals surface area contributed by atoms with Gasteiger partial charge in [0, 0.05) is 19.0 Å². The minimum absolute atomic E-state index is 0.0173. The summed E-state index contributed by atoms with van der Waals surface area (Å²) in [5.74, 6) is 0.111. The molecule has 1 saturated heterocycles. The number of thiophene rings is 1. The summed E-state index contributed by atoms with van der Waals surface area (Å²) in [6.07, 6.45) is 0.410. The number of rotatable bonds is 3. The number of nitrogen functional groups attached to an aromatic ring is 1. The first-order valence-corrected chi connectivity index (χ1v) is 7.54. The molecule has 0 aromatic carbocycles. The molecule has 0 aliphatic carbocycles. The fourth-order valence-electron chi connectivity index (χ4n) is 2.36. The van der Waals surface area contributed by atoms with E-state index in [4.69, 9.17) is 10.5 Å². The number of hydrogen-bond acceptors (Lipinski definition) is 5. The third kappa shape index (κ3) is 3.09. The Balaban J connectivity index is 2.22. The van der Waals surface area contributed by atoms with Crippen molar-refractivity contribution >= 4 is 27.8 Å². The fourth-order valence-corrected chi connectivity index (χ4v) is 3.55. The van der Waals surface area contributed by atoms with Crippen molar-refractivity contribution in [1.29, 1.82) is 0 Å². The van der Waals surface area contributed by atoms with E-state index in [9.17, 15) is 4.79 Å². The molecule has 1 aliphatic rings. The molecular weight excluding hydrogens is 260 g/mol. The van der Waals surface area contributed by atoms with Gasteiger partial charge in [-0.15, -0.1) is 11.3 Å². The summed E-state index contributed by atoms with van der Waals surface area (Å²) in [5, 5.41) is 1.07. The van der Waals surface area contributed by atoms with Gasteiger partial charge in [0.05, 0.1) is 27.8 Å². The van der Waals surface area contributed by atoms with Crippen LogP contribution in [0.25, 0.3) is 0 Å². The predicted molar refractivity (Wildman–Crippen MR) is 80.1 cm³/mol. The first kappa shape index (κ1) is 14.3. The number of ketones is 1. The van der Waals surface area contributed by atoms with E-state index in [0.717, 1.165) is 18.1 Å². The first-order valence-electron chi connectivity index (χ1n) is 6.72. The molecule has 2 atom stereocenters. The van der Waals surface area contributed by atoms with Crippen LogP contribution in [-0.2, 0) is 4.74 Å². The zero-order chi connectivity index (χ0) is 14.2. The van der Waals surface area contributed by atoms with E-state index in [2.05, 4.69) is 18.7 Å². The van der Waals surface area contributed by atoms with Gasteiger partial charge in [-0.3, -0.25) is 4.79 Å². The third-order valence-corrected chi connectivity index (χ3v) is 4.45. The molecule has 19 heavy (non-hydrogen) atoms. The number of ether oxygens (including phenoxy) is 1. The smallest absolute Gasteiger partial charge is 0.177 e. The highest BCUT2D eigenvalue weighted by Crippen LogP contribution is 2.35. The monoisotopic (exact) mass is 282 g/mol. The van der Waals surface area contributed by atoms with Crippen LogP contribution >= 0.6 is 11.3 Å². The Morgan fingerprint density at radius 3 is 2.53 bits per heavy atom. The Morgan fingerprint density at radius 1 is 1.42 bits per heavy atom. The van der Waals surface area contributed by atoms with Gasteiger partial charge in [0.15, 0.2) is 5.78 Å². The van der Waals surface area contributed by atoms with E-state index in [0.29, 0.717) is 10.6 Å². The second-order valence-corrected chi connectivity index (χ2v) is 6.58. The van der Waals surface area contributed by atoms with Gasteiger partial charge in [-0.1, -0.05) is 13.8 Å². The van der Waals surface area contributed by atoms with Crippen LogP contribution in [0.4, 0.5) is 10.7 Å². The summed E-state index contributed by atoms with van der Waals surface area (Å²) in [4.78, 5) is 15.0. The Bertz CT molecular complexity index is 460. The van der Waals surface area contributed by atoms with E-state index >= 15 is 0 Å². The molecule has 1 aliphatic heterocycles. The number of carbonyl (C=O) groups is 1. The van der Waals surface area contributed by atoms with Crippen molar-refractivity contribution in [3.05, 3.63) is 10.9 Å². The number of Topliss-reactive ketones (excluding diaryl/α,β-unsaturated/α-hetero) is 1. The molecule has 0 bridgehead atoms. The van der Waals surface area contributed by atoms with Gasteiger partial charge in [0.2, 0.25) is 0 Å². The predicted octanol–water partition coefficient (Wildman–Crippen LogP) is 2.78. The molecule has 0 saturated carbocycles. The number of anilines is 2. The number of carbonyl (C=O) groups excluding carboxylic acids is 1. The second kappa shape index (κ2) is 5.51. The van der Waals surface area contributed by atoms with Crippen LogP contribution < -0.4 is 10.6 Å². The van der Waals surface area contributed by atoms with Crippen LogP contribution in [0.15, 0.2) is 6.07 Å². The Morgan fingerprint density at radius 2 is 2.00 bits per heavy atom. The quantitative estimate of drug-likeness (QED) is 0.866. The van der Waals surface area contributed by atoms with Crippen molar-refractivity contribution in [2.75, 3.05) is 23.7 Å². The lowest BCUT2D eigenvalue weighted by molar-refractivity contribution is -0.00500. The summed E-state index contributed by atoms with van der Waals surface area (Å²) in [5.41, 5.74) is 6.59. The minimum atomic E-state index is -0.0173. The molecule has 0 spiro atoms. The topological polar surface area (TPSA) is 55.6 Å². The highest BCUT2D eigenvalue weighted by atomic mass is 32.1. The van der Waals surface area contributed by atoms with Crippen molar-refractivity contribution in [2.45, 2.75) is 39.9 Å². The van der Waals surface area contributed by atoms with Crippen LogP contribution in [0.2, 0.25) is 0 Å². The molecule has 106 valence electrons. The van der Waals surface area contributed by atoms with Crippen molar-refractivity contribution in [2.24, 2.45) is 5.92 Å². The highest BCUT2D eigenvalue weighted by Gasteiger charge is 2.25. The normalized spacial score (nSPS) is 23.9. The summed E-state index contributed by atoms with van der Waals surface area (Å²) in [7, 11) is 0. The molecule has 2 rings (SSSR count). The maximum absolute atomic E-state index is 12.1. The number of morpholine rings is 1. The molecule has 0 radical (unpaired) electrons. The standard InChI is InChI=1S/C14H22N2O2S/c1-8(2)13(17)14-11(15)5-12(19-14)16-6-9(3)18-10(4)7-16/h5,8-10H,6-7,15H2,1-4H3. The SMILES string of the molecule is CC1CN(c2cc(N)c(C(=O)C(C)C)s2)CC(C)O1. The van der Waals surface area contributed by atoms with Crippen LogP contribution in [-0.4, -0.2) is 31.1 Å². The zero-order valence-electron chi connectivity index (χ0n) is 12.0. The number of nitrogens with two attached hydrogens (primary N) is 1. The molecular formula is C14H22N2O2S. The van der Waals surface area contributed by atoms with Crippen molar-refractivity contribution < 1.29 is 9.53 Å². The summed E-state index contributed by atoms with van der Waals surface area (Å²) in [6.45, 7) is 9.64. The lowest BCUT2D eigenvalue weighted by Crippen LogP contribution is -2.45. The van der Waals surface area contributed by atoms with Crippen molar-refractivity contribution in [1.82, 2.24) is 0 Å². The zero-order valence-corrected chi connectivity index (χ0v) is 12.8. The second-order valence-electron chi connectivity index (χ2n) is 5.55. The number of nitrogens with zero attached hydrogens (tertiary/aromatic N) is 1. The van der Waals surface area contributed by atoms with Crippen LogP contribution in [0.1, 0.15) is 37.4 Å². The molecule has 5 heteroatoms. The fraction of sp³-hybridized carbons (Fsp3) is 0.643. The summed E-state index contributed by atoms with van der Waals surface area (Å²) in [6, 6.07) is 1.92. The molecule has 2 unspecified atom stereocenters. The Hall–Kier alpha value is -1.07. The van der Waals surface area contributed by atoms with Gasteiger partial charge in [-0.25, -0.2) is 0 Å². The maximum atomic E-state index is 12.1. The Kier molecular flexibility index (Phi) is 4.16. The molecule has 4 nitrogen and oxygen atoms in total. The largest absolute Gasteiger partial charge is 0.397 e. The lowest BCUT2D eigenvalue weighted by atomic mass is 10.1. The van der Waals surface area contributed by atoms with Crippen LogP contribution in [0.5, 0.6) is 0 Å². The van der Waals surface area contributed by atoms with Crippen LogP contribution in [0.3, 0.4) is 0 Å². The summed E-state index contributed by atoms with van der Waals surface area (Å²) < 4.78 is 5.73. The van der Waals surface area contributed by atoms with E-state index < -0.39 is 0 Å². The van der Waals surface area contributed by atoms with E-state index in [-0.39, 0.29) is 23.9 Å². The van der Waals surface area contributed by atoms with Crippen molar-refractivity contribution in [3.63, 3.8) is 0 Å². The summed E-state index contributed by atoms with van der Waals surface area (Å²) >= 11 is 1.50. The molecule has 0 amide bonds. The van der Waals surface area contributed by atoms with Gasteiger partial charge in [0.25, 0.3) is 0 Å². The van der Waals surface area contributed by atoms with E-state index in [1.54, 1.807) is 0 Å². The minimum Gasteiger partial charge on any atom is -0.397 e. The number of hydrogen-bond donors (Lipinski definition) is 1. The highest BCUT2D eigenvalue weighted by molar-refractivity contribution is 7.18. The molecule has 1 aromatic heterocycles. The van der Waals surface area contributed by atoms with Crippen molar-refractivity contribution in [3.8, 4) is 0 Å². The van der Waals surface area contributed by atoms with E-state index in [1.807, 2.05) is 19.9 Å². The van der Waals surface area contributed by atoms with Crippen LogP contribution in [0, 0.1) is 5.92 Å². The van der Waals surface area contributed by atoms with Gasteiger partial charge in [-0.05, 0) is 19.9 Å². The Labute approximate surface area is 118 Å². The van der Waals surface area contributed by atoms with Gasteiger partial charge in [0.1, 0.15) is 0 Å². The van der Waals surface area contributed by atoms with Gasteiger partial charge < -0.3 is 15.4 Å².